The van der Waals surface area contributed by atoms with E-state index in [1.807, 2.05) is 31.2 Å². The van der Waals surface area contributed by atoms with Crippen molar-refractivity contribution in [2.75, 3.05) is 6.54 Å². The minimum atomic E-state index is -0.381. The number of rotatable bonds is 7. The van der Waals surface area contributed by atoms with Gasteiger partial charge in [0.05, 0.1) is 17.1 Å². The van der Waals surface area contributed by atoms with Gasteiger partial charge in [0.2, 0.25) is 0 Å². The molecule has 0 radical (unpaired) electrons. The molecular formula is C22H31N3O2. The molecule has 1 amide bonds. The Kier molecular flexibility index (Phi) is 6.91. The van der Waals surface area contributed by atoms with E-state index in [0.717, 1.165) is 36.5 Å². The summed E-state index contributed by atoms with van der Waals surface area (Å²) in [5.74, 6) is 1.30. The highest BCUT2D eigenvalue weighted by molar-refractivity contribution is 5.72. The Labute approximate surface area is 162 Å². The third-order valence-corrected chi connectivity index (χ3v) is 5.42. The number of pyridine rings is 1. The average Bonchev–Trinajstić information content (AvgIpc) is 2.99. The molecule has 1 aliphatic rings. The summed E-state index contributed by atoms with van der Waals surface area (Å²) < 4.78 is 7.91. The fraction of sp³-hybridized carbons (Fsp3) is 0.545. The standard InChI is InChI=1S/C22H31N3O2/c1-3-4-13-24-22(26)27-21-15-20(19-12-8-9-14-23-19)25(17(21)2)16-18-10-6-5-7-11-18/h8-9,12,14-15,18H,3-7,10-11,13,16H2,1-2H3,(H,24,26). The Bertz CT molecular complexity index is 734. The lowest BCUT2D eigenvalue weighted by atomic mass is 9.89. The summed E-state index contributed by atoms with van der Waals surface area (Å²) in [6, 6.07) is 7.88. The van der Waals surface area contributed by atoms with Gasteiger partial charge in [-0.3, -0.25) is 4.98 Å². The number of unbranched alkanes of at least 4 members (excludes halogenated alkanes) is 1. The van der Waals surface area contributed by atoms with Crippen LogP contribution in [-0.4, -0.2) is 22.2 Å². The molecule has 1 fully saturated rings. The molecule has 2 aromatic rings. The molecule has 0 bridgehead atoms. The van der Waals surface area contributed by atoms with Gasteiger partial charge in [0, 0.05) is 25.4 Å². The first kappa shape index (κ1) is 19.5. The maximum absolute atomic E-state index is 12.1. The fourth-order valence-electron chi connectivity index (χ4n) is 3.82. The van der Waals surface area contributed by atoms with Crippen LogP contribution >= 0.6 is 0 Å². The molecular weight excluding hydrogens is 338 g/mol. The van der Waals surface area contributed by atoms with E-state index in [9.17, 15) is 4.79 Å². The molecule has 0 unspecified atom stereocenters. The lowest BCUT2D eigenvalue weighted by molar-refractivity contribution is 0.200. The second-order valence-corrected chi connectivity index (χ2v) is 7.48. The van der Waals surface area contributed by atoms with Crippen LogP contribution < -0.4 is 10.1 Å². The first-order valence-electron chi connectivity index (χ1n) is 10.3. The summed E-state index contributed by atoms with van der Waals surface area (Å²) in [5.41, 5.74) is 2.93. The van der Waals surface area contributed by atoms with Crippen molar-refractivity contribution in [1.82, 2.24) is 14.9 Å². The molecule has 5 nitrogen and oxygen atoms in total. The van der Waals surface area contributed by atoms with Crippen molar-refractivity contribution in [2.24, 2.45) is 5.92 Å². The molecule has 0 atom stereocenters. The fourth-order valence-corrected chi connectivity index (χ4v) is 3.82. The van der Waals surface area contributed by atoms with Crippen molar-refractivity contribution in [3.05, 3.63) is 36.2 Å². The average molecular weight is 370 g/mol. The summed E-state index contributed by atoms with van der Waals surface area (Å²) >= 11 is 0. The topological polar surface area (TPSA) is 56.1 Å². The molecule has 0 aliphatic heterocycles. The van der Waals surface area contributed by atoms with E-state index in [2.05, 4.69) is 21.8 Å². The van der Waals surface area contributed by atoms with Crippen LogP contribution in [0.3, 0.4) is 0 Å². The van der Waals surface area contributed by atoms with Gasteiger partial charge in [0.25, 0.3) is 0 Å². The van der Waals surface area contributed by atoms with E-state index in [-0.39, 0.29) is 6.09 Å². The smallest absolute Gasteiger partial charge is 0.408 e. The Hall–Kier alpha value is -2.30. The highest BCUT2D eigenvalue weighted by Crippen LogP contribution is 2.33. The molecule has 0 spiro atoms. The summed E-state index contributed by atoms with van der Waals surface area (Å²) in [5, 5.41) is 2.82. The van der Waals surface area contributed by atoms with Crippen LogP contribution in [0.15, 0.2) is 30.5 Å². The minimum Gasteiger partial charge on any atom is -0.408 e. The Morgan fingerprint density at radius 1 is 1.30 bits per heavy atom. The van der Waals surface area contributed by atoms with Crippen LogP contribution in [0.2, 0.25) is 0 Å². The second kappa shape index (κ2) is 9.58. The number of aromatic nitrogens is 2. The lowest BCUT2D eigenvalue weighted by Crippen LogP contribution is -2.27. The zero-order valence-corrected chi connectivity index (χ0v) is 16.5. The lowest BCUT2D eigenvalue weighted by Gasteiger charge is -2.24. The number of ether oxygens (including phenoxy) is 1. The molecule has 2 heterocycles. The van der Waals surface area contributed by atoms with Crippen LogP contribution in [0.1, 0.15) is 57.6 Å². The predicted molar refractivity (Wildman–Crippen MR) is 108 cm³/mol. The van der Waals surface area contributed by atoms with Gasteiger partial charge in [-0.15, -0.1) is 0 Å². The number of hydrogen-bond acceptors (Lipinski definition) is 3. The zero-order chi connectivity index (χ0) is 19.1. The van der Waals surface area contributed by atoms with E-state index in [1.165, 1.54) is 32.1 Å². The second-order valence-electron chi connectivity index (χ2n) is 7.48. The SMILES string of the molecule is CCCCNC(=O)Oc1cc(-c2ccccn2)n(CC2CCCCC2)c1C. The number of hydrogen-bond donors (Lipinski definition) is 1. The van der Waals surface area contributed by atoms with Gasteiger partial charge < -0.3 is 14.6 Å². The van der Waals surface area contributed by atoms with E-state index >= 15 is 0 Å². The van der Waals surface area contributed by atoms with Gasteiger partial charge in [-0.1, -0.05) is 38.7 Å². The highest BCUT2D eigenvalue weighted by atomic mass is 16.6. The molecule has 1 aliphatic carbocycles. The number of amides is 1. The van der Waals surface area contributed by atoms with Crippen molar-refractivity contribution < 1.29 is 9.53 Å². The first-order valence-corrected chi connectivity index (χ1v) is 10.3. The number of nitrogens with one attached hydrogen (secondary N) is 1. The van der Waals surface area contributed by atoms with Crippen molar-refractivity contribution in [3.63, 3.8) is 0 Å². The molecule has 1 saturated carbocycles. The minimum absolute atomic E-state index is 0.381. The van der Waals surface area contributed by atoms with E-state index in [1.54, 1.807) is 6.20 Å². The van der Waals surface area contributed by atoms with Crippen LogP contribution in [0.5, 0.6) is 5.75 Å². The first-order chi connectivity index (χ1) is 13.2. The summed E-state index contributed by atoms with van der Waals surface area (Å²) in [6.07, 6.45) is 9.94. The number of carbonyl (C=O) groups is 1. The third-order valence-electron chi connectivity index (χ3n) is 5.42. The molecule has 1 N–H and O–H groups in total. The van der Waals surface area contributed by atoms with Gasteiger partial charge in [0.1, 0.15) is 0 Å². The maximum Gasteiger partial charge on any atom is 0.412 e. The normalized spacial score (nSPS) is 14.9. The molecule has 0 aromatic carbocycles. The van der Waals surface area contributed by atoms with Crippen LogP contribution in [0, 0.1) is 12.8 Å². The Morgan fingerprint density at radius 2 is 2.11 bits per heavy atom. The highest BCUT2D eigenvalue weighted by Gasteiger charge is 2.21. The molecule has 0 saturated heterocycles. The monoisotopic (exact) mass is 369 g/mol. The molecule has 3 rings (SSSR count). The van der Waals surface area contributed by atoms with Gasteiger partial charge in [-0.2, -0.15) is 0 Å². The summed E-state index contributed by atoms with van der Waals surface area (Å²) in [6.45, 7) is 5.73. The van der Waals surface area contributed by atoms with Crippen molar-refractivity contribution in [1.29, 1.82) is 0 Å². The number of carbonyl (C=O) groups excluding carboxylic acids is 1. The maximum atomic E-state index is 12.1. The number of nitrogens with zero attached hydrogens (tertiary/aromatic N) is 2. The summed E-state index contributed by atoms with van der Waals surface area (Å²) in [7, 11) is 0. The van der Waals surface area contributed by atoms with Crippen LogP contribution in [-0.2, 0) is 6.54 Å². The zero-order valence-electron chi connectivity index (χ0n) is 16.5. The Balaban J connectivity index is 1.83. The molecule has 2 aromatic heterocycles. The Morgan fingerprint density at radius 3 is 2.81 bits per heavy atom. The van der Waals surface area contributed by atoms with E-state index in [4.69, 9.17) is 4.74 Å². The third kappa shape index (κ3) is 5.12. The van der Waals surface area contributed by atoms with Gasteiger partial charge >= 0.3 is 6.09 Å². The molecule has 27 heavy (non-hydrogen) atoms. The van der Waals surface area contributed by atoms with Crippen molar-refractivity contribution >= 4 is 6.09 Å². The van der Waals surface area contributed by atoms with Crippen LogP contribution in [0.25, 0.3) is 11.4 Å². The van der Waals surface area contributed by atoms with Crippen molar-refractivity contribution in [2.45, 2.75) is 65.3 Å². The van der Waals surface area contributed by atoms with E-state index < -0.39 is 0 Å². The van der Waals surface area contributed by atoms with Gasteiger partial charge in [-0.25, -0.2) is 4.79 Å². The quantitative estimate of drug-likeness (QED) is 0.671. The molecule has 5 heteroatoms. The largest absolute Gasteiger partial charge is 0.412 e. The van der Waals surface area contributed by atoms with Crippen LogP contribution in [0.4, 0.5) is 4.79 Å². The predicted octanol–water partition coefficient (Wildman–Crippen LogP) is 5.33. The van der Waals surface area contributed by atoms with Crippen molar-refractivity contribution in [3.8, 4) is 17.1 Å². The van der Waals surface area contributed by atoms with Gasteiger partial charge in [-0.05, 0) is 44.2 Å². The van der Waals surface area contributed by atoms with E-state index in [0.29, 0.717) is 18.2 Å². The van der Waals surface area contributed by atoms with Gasteiger partial charge in [0.15, 0.2) is 5.75 Å². The molecule has 146 valence electrons. The summed E-state index contributed by atoms with van der Waals surface area (Å²) in [4.78, 5) is 16.6.